The molecule has 6 heteroatoms. The Morgan fingerprint density at radius 2 is 1.89 bits per heavy atom. The summed E-state index contributed by atoms with van der Waals surface area (Å²) in [6, 6.07) is 5.23. The average molecular weight is 276 g/mol. The van der Waals surface area contributed by atoms with Gasteiger partial charge in [-0.2, -0.15) is 0 Å². The van der Waals surface area contributed by atoms with Gasteiger partial charge in [0.25, 0.3) is 0 Å². The van der Waals surface area contributed by atoms with E-state index in [2.05, 4.69) is 0 Å². The molecule has 1 aromatic rings. The van der Waals surface area contributed by atoms with Gasteiger partial charge in [-0.1, -0.05) is 6.07 Å². The number of aliphatic carboxylic acids is 1. The van der Waals surface area contributed by atoms with Crippen LogP contribution in [0.5, 0.6) is 11.5 Å². The normalized spacial score (nSPS) is 13.1. The third kappa shape index (κ3) is 3.78. The minimum atomic E-state index is -1.29. The minimum absolute atomic E-state index is 0. The molecule has 1 rings (SSSR count). The van der Waals surface area contributed by atoms with Crippen molar-refractivity contribution in [1.82, 2.24) is 0 Å². The van der Waals surface area contributed by atoms with Crippen LogP contribution < -0.4 is 15.2 Å². The second kappa shape index (κ2) is 6.47. The number of carboxylic acids is 1. The molecule has 0 radical (unpaired) electrons. The van der Waals surface area contributed by atoms with Gasteiger partial charge in [0.1, 0.15) is 5.54 Å². The van der Waals surface area contributed by atoms with E-state index in [1.807, 2.05) is 0 Å². The summed E-state index contributed by atoms with van der Waals surface area (Å²) >= 11 is 0. The molecular weight excluding hydrogens is 258 g/mol. The number of benzene rings is 1. The lowest BCUT2D eigenvalue weighted by atomic mass is 9.94. The van der Waals surface area contributed by atoms with Gasteiger partial charge in [-0.15, -0.1) is 12.4 Å². The summed E-state index contributed by atoms with van der Waals surface area (Å²) in [5.74, 6) is 0.128. The number of methoxy groups -OCH3 is 2. The summed E-state index contributed by atoms with van der Waals surface area (Å²) in [4.78, 5) is 10.9. The third-order valence-corrected chi connectivity index (χ3v) is 2.51. The molecule has 0 saturated carbocycles. The summed E-state index contributed by atoms with van der Waals surface area (Å²) < 4.78 is 10.2. The summed E-state index contributed by atoms with van der Waals surface area (Å²) in [7, 11) is 3.07. The number of nitrogens with two attached hydrogens (primary N) is 1. The van der Waals surface area contributed by atoms with E-state index in [0.29, 0.717) is 11.5 Å². The fourth-order valence-corrected chi connectivity index (χ4v) is 1.49. The fraction of sp³-hybridized carbons (Fsp3) is 0.417. The Balaban J connectivity index is 0.00000289. The largest absolute Gasteiger partial charge is 0.493 e. The smallest absolute Gasteiger partial charge is 0.323 e. The predicted octanol–water partition coefficient (Wildman–Crippen LogP) is 1.47. The Labute approximate surface area is 112 Å². The van der Waals surface area contributed by atoms with E-state index < -0.39 is 11.5 Å². The maximum Gasteiger partial charge on any atom is 0.323 e. The summed E-state index contributed by atoms with van der Waals surface area (Å²) in [5, 5.41) is 8.95. The highest BCUT2D eigenvalue weighted by Crippen LogP contribution is 2.28. The van der Waals surface area contributed by atoms with Crippen molar-refractivity contribution < 1.29 is 19.4 Å². The number of halogens is 1. The fourth-order valence-electron chi connectivity index (χ4n) is 1.49. The number of rotatable bonds is 5. The zero-order chi connectivity index (χ0) is 13.1. The summed E-state index contributed by atoms with van der Waals surface area (Å²) in [5.41, 5.74) is 5.18. The van der Waals surface area contributed by atoms with Crippen LogP contribution in [0.15, 0.2) is 18.2 Å². The molecule has 102 valence electrons. The molecule has 0 heterocycles. The highest BCUT2D eigenvalue weighted by molar-refractivity contribution is 5.85. The number of ether oxygens (including phenoxy) is 2. The van der Waals surface area contributed by atoms with Gasteiger partial charge < -0.3 is 20.3 Å². The van der Waals surface area contributed by atoms with Gasteiger partial charge in [-0.3, -0.25) is 4.79 Å². The Bertz CT molecular complexity index is 421. The molecule has 18 heavy (non-hydrogen) atoms. The van der Waals surface area contributed by atoms with E-state index in [1.165, 1.54) is 14.0 Å². The third-order valence-electron chi connectivity index (χ3n) is 2.51. The van der Waals surface area contributed by atoms with Crippen LogP contribution in [0.3, 0.4) is 0 Å². The first-order valence-electron chi connectivity index (χ1n) is 5.14. The van der Waals surface area contributed by atoms with Crippen LogP contribution in [0.25, 0.3) is 0 Å². The van der Waals surface area contributed by atoms with Crippen LogP contribution in [0.1, 0.15) is 12.5 Å². The SMILES string of the molecule is COc1ccc(C[C@@](C)(N)C(=O)O)cc1OC.Cl. The lowest BCUT2D eigenvalue weighted by Crippen LogP contribution is -2.46. The Morgan fingerprint density at radius 3 is 2.33 bits per heavy atom. The van der Waals surface area contributed by atoms with Crippen LogP contribution in [0, 0.1) is 0 Å². The molecule has 1 atom stereocenters. The molecule has 0 fully saturated rings. The van der Waals surface area contributed by atoms with E-state index >= 15 is 0 Å². The number of hydrogen-bond donors (Lipinski definition) is 2. The van der Waals surface area contributed by atoms with Crippen LogP contribution in [0.4, 0.5) is 0 Å². The molecule has 0 saturated heterocycles. The molecular formula is C12H18ClNO4. The topological polar surface area (TPSA) is 81.8 Å². The van der Waals surface area contributed by atoms with Gasteiger partial charge in [0.15, 0.2) is 11.5 Å². The van der Waals surface area contributed by atoms with Crippen LogP contribution in [-0.2, 0) is 11.2 Å². The molecule has 0 spiro atoms. The second-order valence-corrected chi connectivity index (χ2v) is 4.09. The maximum absolute atomic E-state index is 10.9. The minimum Gasteiger partial charge on any atom is -0.493 e. The monoisotopic (exact) mass is 275 g/mol. The molecule has 0 unspecified atom stereocenters. The van der Waals surface area contributed by atoms with Crippen molar-refractivity contribution in [1.29, 1.82) is 0 Å². The first-order valence-corrected chi connectivity index (χ1v) is 5.14. The number of carboxylic acid groups (broad SMARTS) is 1. The summed E-state index contributed by atoms with van der Waals surface area (Å²) in [6.07, 6.45) is 0.225. The van der Waals surface area contributed by atoms with Gasteiger partial charge in [0.05, 0.1) is 14.2 Å². The van der Waals surface area contributed by atoms with Crippen molar-refractivity contribution in [2.75, 3.05) is 14.2 Å². The van der Waals surface area contributed by atoms with Gasteiger partial charge in [-0.05, 0) is 24.6 Å². The highest BCUT2D eigenvalue weighted by atomic mass is 35.5. The Hall–Kier alpha value is -1.46. The Kier molecular flexibility index (Phi) is 5.94. The van der Waals surface area contributed by atoms with Crippen molar-refractivity contribution in [3.63, 3.8) is 0 Å². The molecule has 0 aliphatic rings. The molecule has 0 aliphatic heterocycles. The van der Waals surface area contributed by atoms with Crippen molar-refractivity contribution in [2.45, 2.75) is 18.9 Å². The van der Waals surface area contributed by atoms with Crippen LogP contribution in [-0.4, -0.2) is 30.8 Å². The average Bonchev–Trinajstić information content (AvgIpc) is 2.28. The zero-order valence-corrected chi connectivity index (χ0v) is 11.4. The quantitative estimate of drug-likeness (QED) is 0.850. The van der Waals surface area contributed by atoms with E-state index in [0.717, 1.165) is 5.56 Å². The van der Waals surface area contributed by atoms with E-state index in [1.54, 1.807) is 25.3 Å². The highest BCUT2D eigenvalue weighted by Gasteiger charge is 2.28. The van der Waals surface area contributed by atoms with E-state index in [4.69, 9.17) is 20.3 Å². The number of hydrogen-bond acceptors (Lipinski definition) is 4. The van der Waals surface area contributed by atoms with Gasteiger partial charge in [-0.25, -0.2) is 0 Å². The summed E-state index contributed by atoms with van der Waals surface area (Å²) in [6.45, 7) is 1.48. The van der Waals surface area contributed by atoms with Gasteiger partial charge in [0, 0.05) is 6.42 Å². The number of carbonyl (C=O) groups is 1. The zero-order valence-electron chi connectivity index (χ0n) is 10.6. The second-order valence-electron chi connectivity index (χ2n) is 4.09. The van der Waals surface area contributed by atoms with Gasteiger partial charge >= 0.3 is 5.97 Å². The molecule has 5 nitrogen and oxygen atoms in total. The first kappa shape index (κ1) is 16.5. The first-order chi connectivity index (χ1) is 7.90. The molecule has 0 bridgehead atoms. The lowest BCUT2D eigenvalue weighted by molar-refractivity contribution is -0.142. The lowest BCUT2D eigenvalue weighted by Gasteiger charge is -2.19. The van der Waals surface area contributed by atoms with Crippen LogP contribution in [0.2, 0.25) is 0 Å². The van der Waals surface area contributed by atoms with Crippen molar-refractivity contribution in [3.05, 3.63) is 23.8 Å². The van der Waals surface area contributed by atoms with Crippen LogP contribution >= 0.6 is 12.4 Å². The van der Waals surface area contributed by atoms with Crippen molar-refractivity contribution in [2.24, 2.45) is 5.73 Å². The molecule has 0 amide bonds. The molecule has 1 aromatic carbocycles. The predicted molar refractivity (Wildman–Crippen MR) is 70.7 cm³/mol. The van der Waals surface area contributed by atoms with Crippen molar-refractivity contribution in [3.8, 4) is 11.5 Å². The van der Waals surface area contributed by atoms with E-state index in [9.17, 15) is 4.79 Å². The molecule has 0 aromatic heterocycles. The van der Waals surface area contributed by atoms with E-state index in [-0.39, 0.29) is 18.8 Å². The van der Waals surface area contributed by atoms with Crippen molar-refractivity contribution >= 4 is 18.4 Å². The molecule has 0 aliphatic carbocycles. The van der Waals surface area contributed by atoms with Gasteiger partial charge in [0.2, 0.25) is 0 Å². The molecule has 3 N–H and O–H groups in total. The standard InChI is InChI=1S/C12H17NO4.ClH/c1-12(13,11(14)15)7-8-4-5-9(16-2)10(6-8)17-3;/h4-6H,7,13H2,1-3H3,(H,14,15);1H/t12-;/m1./s1. The Morgan fingerprint density at radius 1 is 1.33 bits per heavy atom. The maximum atomic E-state index is 10.9.